The Morgan fingerprint density at radius 2 is 1.85 bits per heavy atom. The Bertz CT molecular complexity index is 308. The Morgan fingerprint density at radius 3 is 2.38 bits per heavy atom. The maximum Gasteiger partial charge on any atom is 0.159 e. The summed E-state index contributed by atoms with van der Waals surface area (Å²) in [7, 11) is 0. The van der Waals surface area contributed by atoms with Crippen LogP contribution >= 0.6 is 0 Å². The molecular formula is C10H12F2O. The van der Waals surface area contributed by atoms with Crippen molar-refractivity contribution < 1.29 is 13.9 Å². The Kier molecular flexibility index (Phi) is 2.98. The highest BCUT2D eigenvalue weighted by Gasteiger charge is 2.08. The van der Waals surface area contributed by atoms with E-state index in [1.807, 2.05) is 0 Å². The molecule has 0 heterocycles. The predicted molar refractivity (Wildman–Crippen MR) is 46.5 cm³/mol. The van der Waals surface area contributed by atoms with Crippen molar-refractivity contribution in [2.45, 2.75) is 26.4 Å². The summed E-state index contributed by atoms with van der Waals surface area (Å²) < 4.78 is 25.4. The van der Waals surface area contributed by atoms with Crippen LogP contribution in [0.2, 0.25) is 0 Å². The Morgan fingerprint density at radius 1 is 1.31 bits per heavy atom. The van der Waals surface area contributed by atoms with Crippen molar-refractivity contribution in [1.29, 1.82) is 0 Å². The fourth-order valence-electron chi connectivity index (χ4n) is 1.23. The monoisotopic (exact) mass is 186 g/mol. The molecule has 0 saturated carbocycles. The predicted octanol–water partition coefficient (Wildman–Crippen LogP) is 2.20. The van der Waals surface area contributed by atoms with Crippen LogP contribution < -0.4 is 0 Å². The number of benzene rings is 1. The molecule has 0 fully saturated rings. The van der Waals surface area contributed by atoms with Crippen molar-refractivity contribution in [3.8, 4) is 0 Å². The Labute approximate surface area is 76.0 Å². The van der Waals surface area contributed by atoms with Crippen LogP contribution in [0.15, 0.2) is 12.1 Å². The molecule has 0 saturated heterocycles. The number of aryl methyl sites for hydroxylation is 1. The van der Waals surface area contributed by atoms with Crippen LogP contribution in [0.5, 0.6) is 0 Å². The van der Waals surface area contributed by atoms with Crippen molar-refractivity contribution in [3.05, 3.63) is 34.9 Å². The fraction of sp³-hybridized carbons (Fsp3) is 0.400. The summed E-state index contributed by atoms with van der Waals surface area (Å²) in [6.45, 7) is 3.31. The van der Waals surface area contributed by atoms with E-state index in [1.54, 1.807) is 13.8 Å². The maximum absolute atomic E-state index is 12.8. The van der Waals surface area contributed by atoms with E-state index in [9.17, 15) is 8.78 Å². The van der Waals surface area contributed by atoms with Crippen molar-refractivity contribution in [2.75, 3.05) is 0 Å². The number of hydrogen-bond donors (Lipinski definition) is 1. The lowest BCUT2D eigenvalue weighted by Gasteiger charge is -2.08. The molecule has 0 aliphatic rings. The molecule has 1 rings (SSSR count). The van der Waals surface area contributed by atoms with Crippen LogP contribution in [-0.2, 0) is 6.42 Å². The SMILES string of the molecule is Cc1cc(F)c(F)cc1CC(C)O. The molecular weight excluding hydrogens is 174 g/mol. The normalized spacial score (nSPS) is 13.0. The largest absolute Gasteiger partial charge is 0.393 e. The van der Waals surface area contributed by atoms with Crippen LogP contribution in [0.4, 0.5) is 8.78 Å². The lowest BCUT2D eigenvalue weighted by molar-refractivity contribution is 0.195. The van der Waals surface area contributed by atoms with Crippen LogP contribution in [0.3, 0.4) is 0 Å². The molecule has 72 valence electrons. The van der Waals surface area contributed by atoms with Crippen LogP contribution in [0.25, 0.3) is 0 Å². The first-order valence-electron chi connectivity index (χ1n) is 4.13. The maximum atomic E-state index is 12.8. The Hall–Kier alpha value is -0.960. The average Bonchev–Trinajstić information content (AvgIpc) is 1.99. The second-order valence-electron chi connectivity index (χ2n) is 3.25. The highest BCUT2D eigenvalue weighted by molar-refractivity contribution is 5.28. The molecule has 3 heteroatoms. The zero-order chi connectivity index (χ0) is 10.0. The molecule has 1 unspecified atom stereocenters. The van der Waals surface area contributed by atoms with Gasteiger partial charge in [-0.05, 0) is 43.5 Å². The second-order valence-corrected chi connectivity index (χ2v) is 3.25. The summed E-state index contributed by atoms with van der Waals surface area (Å²) in [5, 5.41) is 9.07. The molecule has 13 heavy (non-hydrogen) atoms. The summed E-state index contributed by atoms with van der Waals surface area (Å²) in [4.78, 5) is 0. The van der Waals surface area contributed by atoms with Gasteiger partial charge in [-0.25, -0.2) is 8.78 Å². The molecule has 0 bridgehead atoms. The minimum atomic E-state index is -0.860. The first-order chi connectivity index (χ1) is 6.00. The summed E-state index contributed by atoms with van der Waals surface area (Å²) in [6.07, 6.45) is -0.188. The minimum absolute atomic E-state index is 0.350. The molecule has 1 N–H and O–H groups in total. The lowest BCUT2D eigenvalue weighted by atomic mass is 10.0. The fourth-order valence-corrected chi connectivity index (χ4v) is 1.23. The first-order valence-corrected chi connectivity index (χ1v) is 4.13. The quantitative estimate of drug-likeness (QED) is 0.750. The summed E-state index contributed by atoms with van der Waals surface area (Å²) >= 11 is 0. The summed E-state index contributed by atoms with van der Waals surface area (Å²) in [5.41, 5.74) is 1.31. The zero-order valence-electron chi connectivity index (χ0n) is 7.64. The lowest BCUT2D eigenvalue weighted by Crippen LogP contribution is -2.06. The topological polar surface area (TPSA) is 20.2 Å². The molecule has 0 radical (unpaired) electrons. The number of hydrogen-bond acceptors (Lipinski definition) is 1. The van der Waals surface area contributed by atoms with E-state index in [0.29, 0.717) is 17.5 Å². The average molecular weight is 186 g/mol. The zero-order valence-corrected chi connectivity index (χ0v) is 7.64. The number of aliphatic hydroxyl groups is 1. The van der Waals surface area contributed by atoms with Gasteiger partial charge in [0.25, 0.3) is 0 Å². The van der Waals surface area contributed by atoms with Gasteiger partial charge in [-0.15, -0.1) is 0 Å². The van der Waals surface area contributed by atoms with Gasteiger partial charge < -0.3 is 5.11 Å². The third-order valence-electron chi connectivity index (χ3n) is 1.89. The molecule has 1 atom stereocenters. The highest BCUT2D eigenvalue weighted by Crippen LogP contribution is 2.15. The molecule has 1 nitrogen and oxygen atoms in total. The minimum Gasteiger partial charge on any atom is -0.393 e. The second kappa shape index (κ2) is 3.83. The van der Waals surface area contributed by atoms with E-state index in [1.165, 1.54) is 0 Å². The smallest absolute Gasteiger partial charge is 0.159 e. The molecule has 0 aromatic heterocycles. The summed E-state index contributed by atoms with van der Waals surface area (Å²) in [6, 6.07) is 2.28. The number of rotatable bonds is 2. The van der Waals surface area contributed by atoms with Gasteiger partial charge in [-0.3, -0.25) is 0 Å². The van der Waals surface area contributed by atoms with Gasteiger partial charge in [0.05, 0.1) is 6.10 Å². The molecule has 0 spiro atoms. The number of halogens is 2. The van der Waals surface area contributed by atoms with E-state index in [0.717, 1.165) is 12.1 Å². The molecule has 1 aromatic rings. The van der Waals surface area contributed by atoms with Crippen molar-refractivity contribution in [2.24, 2.45) is 0 Å². The van der Waals surface area contributed by atoms with Crippen LogP contribution in [0, 0.1) is 18.6 Å². The van der Waals surface area contributed by atoms with Gasteiger partial charge in [0.2, 0.25) is 0 Å². The first kappa shape index (κ1) is 10.1. The van der Waals surface area contributed by atoms with Gasteiger partial charge in [0, 0.05) is 0 Å². The molecule has 0 aliphatic heterocycles. The van der Waals surface area contributed by atoms with Gasteiger partial charge in [0.15, 0.2) is 11.6 Å². The van der Waals surface area contributed by atoms with Crippen molar-refractivity contribution in [1.82, 2.24) is 0 Å². The van der Waals surface area contributed by atoms with E-state index in [-0.39, 0.29) is 0 Å². The standard InChI is InChI=1S/C10H12F2O/c1-6-3-9(11)10(12)5-8(6)4-7(2)13/h3,5,7,13H,4H2,1-2H3. The van der Waals surface area contributed by atoms with Gasteiger partial charge in [-0.2, -0.15) is 0 Å². The van der Waals surface area contributed by atoms with E-state index in [4.69, 9.17) is 5.11 Å². The molecule has 0 aliphatic carbocycles. The summed E-state index contributed by atoms with van der Waals surface area (Å²) in [5.74, 6) is -1.70. The Balaban J connectivity index is 3.01. The molecule has 1 aromatic carbocycles. The van der Waals surface area contributed by atoms with Crippen LogP contribution in [0.1, 0.15) is 18.1 Å². The van der Waals surface area contributed by atoms with Gasteiger partial charge in [0.1, 0.15) is 0 Å². The van der Waals surface area contributed by atoms with E-state index in [2.05, 4.69) is 0 Å². The third kappa shape index (κ3) is 2.49. The van der Waals surface area contributed by atoms with Crippen LogP contribution in [-0.4, -0.2) is 11.2 Å². The van der Waals surface area contributed by atoms with Crippen molar-refractivity contribution >= 4 is 0 Å². The van der Waals surface area contributed by atoms with Gasteiger partial charge in [-0.1, -0.05) is 0 Å². The van der Waals surface area contributed by atoms with Gasteiger partial charge >= 0.3 is 0 Å². The van der Waals surface area contributed by atoms with Crippen molar-refractivity contribution in [3.63, 3.8) is 0 Å². The third-order valence-corrected chi connectivity index (χ3v) is 1.89. The highest BCUT2D eigenvalue weighted by atomic mass is 19.2. The number of aliphatic hydroxyl groups excluding tert-OH is 1. The molecule has 0 amide bonds. The van der Waals surface area contributed by atoms with E-state index < -0.39 is 17.7 Å². The van der Waals surface area contributed by atoms with E-state index >= 15 is 0 Å².